The number of thiocarbonyl (C=S) groups is 1. The summed E-state index contributed by atoms with van der Waals surface area (Å²) in [5.74, 6) is 0.411. The second-order valence-corrected chi connectivity index (χ2v) is 5.17. The minimum absolute atomic E-state index is 0.221. The molecule has 2 rings (SSSR count). The molecule has 0 aromatic carbocycles. The Morgan fingerprint density at radius 2 is 2.14 bits per heavy atom. The first-order valence-electron chi connectivity index (χ1n) is 6.39. The molecule has 3 N–H and O–H groups in total. The number of nitrogens with one attached hydrogen (secondary N) is 1. The van der Waals surface area contributed by atoms with E-state index in [0.717, 1.165) is 11.3 Å². The largest absolute Gasteiger partial charge is 0.389 e. The SMILES string of the molecule is Cc1noc(C)c1C(C)NC(=O)c1ccc(C(N)=S)cn1. The van der Waals surface area contributed by atoms with Gasteiger partial charge in [0.1, 0.15) is 16.4 Å². The number of carbonyl (C=O) groups excluding carboxylic acids is 1. The quantitative estimate of drug-likeness (QED) is 0.837. The summed E-state index contributed by atoms with van der Waals surface area (Å²) in [6.07, 6.45) is 1.48. The molecule has 0 spiro atoms. The Hall–Kier alpha value is -2.28. The zero-order chi connectivity index (χ0) is 15.6. The normalized spacial score (nSPS) is 12.0. The van der Waals surface area contributed by atoms with Crippen LogP contribution >= 0.6 is 12.2 Å². The first kappa shape index (κ1) is 15.1. The van der Waals surface area contributed by atoms with E-state index in [1.165, 1.54) is 6.20 Å². The third-order valence-electron chi connectivity index (χ3n) is 3.15. The van der Waals surface area contributed by atoms with Gasteiger partial charge in [0.2, 0.25) is 0 Å². The second kappa shape index (κ2) is 6.01. The number of pyridine rings is 1. The minimum Gasteiger partial charge on any atom is -0.389 e. The Morgan fingerprint density at radius 1 is 1.43 bits per heavy atom. The van der Waals surface area contributed by atoms with Crippen LogP contribution in [0, 0.1) is 13.8 Å². The third-order valence-corrected chi connectivity index (χ3v) is 3.39. The number of hydrogen-bond donors (Lipinski definition) is 2. The van der Waals surface area contributed by atoms with Crippen molar-refractivity contribution in [3.63, 3.8) is 0 Å². The number of rotatable bonds is 4. The smallest absolute Gasteiger partial charge is 0.270 e. The van der Waals surface area contributed by atoms with Crippen molar-refractivity contribution in [2.24, 2.45) is 5.73 Å². The van der Waals surface area contributed by atoms with E-state index in [-0.39, 0.29) is 16.9 Å². The molecule has 110 valence electrons. The van der Waals surface area contributed by atoms with Gasteiger partial charge in [-0.1, -0.05) is 17.4 Å². The highest BCUT2D eigenvalue weighted by Crippen LogP contribution is 2.21. The minimum atomic E-state index is -0.281. The molecule has 2 aromatic rings. The summed E-state index contributed by atoms with van der Waals surface area (Å²) in [4.78, 5) is 16.5. The van der Waals surface area contributed by atoms with Crippen molar-refractivity contribution in [1.29, 1.82) is 0 Å². The van der Waals surface area contributed by atoms with E-state index >= 15 is 0 Å². The van der Waals surface area contributed by atoms with Crippen LogP contribution in [-0.4, -0.2) is 21.0 Å². The predicted octanol–water partition coefficient (Wildman–Crippen LogP) is 1.81. The van der Waals surface area contributed by atoms with Crippen LogP contribution in [0.3, 0.4) is 0 Å². The highest BCUT2D eigenvalue weighted by atomic mass is 32.1. The van der Waals surface area contributed by atoms with Gasteiger partial charge in [-0.2, -0.15) is 0 Å². The van der Waals surface area contributed by atoms with Crippen molar-refractivity contribution in [3.8, 4) is 0 Å². The van der Waals surface area contributed by atoms with Crippen LogP contribution in [0.4, 0.5) is 0 Å². The van der Waals surface area contributed by atoms with E-state index in [1.54, 1.807) is 12.1 Å². The van der Waals surface area contributed by atoms with Crippen LogP contribution in [0.15, 0.2) is 22.9 Å². The first-order valence-corrected chi connectivity index (χ1v) is 6.80. The van der Waals surface area contributed by atoms with Crippen molar-refractivity contribution in [3.05, 3.63) is 46.6 Å². The lowest BCUT2D eigenvalue weighted by Crippen LogP contribution is -2.28. The maximum atomic E-state index is 12.2. The van der Waals surface area contributed by atoms with E-state index in [2.05, 4.69) is 15.5 Å². The van der Waals surface area contributed by atoms with Crippen LogP contribution in [0.2, 0.25) is 0 Å². The van der Waals surface area contributed by atoms with E-state index < -0.39 is 0 Å². The molecule has 0 aliphatic carbocycles. The molecule has 0 bridgehead atoms. The van der Waals surface area contributed by atoms with Crippen molar-refractivity contribution in [2.45, 2.75) is 26.8 Å². The molecule has 6 nitrogen and oxygen atoms in total. The van der Waals surface area contributed by atoms with Gasteiger partial charge in [0.05, 0.1) is 11.7 Å². The van der Waals surface area contributed by atoms with Crippen LogP contribution < -0.4 is 11.1 Å². The standard InChI is InChI=1S/C14H16N4O2S/c1-7(12-8(2)18-20-9(12)3)17-14(19)11-5-4-10(6-16-11)13(15)21/h4-7H,1-3H3,(H2,15,21)(H,17,19). The Morgan fingerprint density at radius 3 is 2.62 bits per heavy atom. The highest BCUT2D eigenvalue weighted by molar-refractivity contribution is 7.80. The molecule has 0 fully saturated rings. The Labute approximate surface area is 127 Å². The number of aryl methyl sites for hydroxylation is 2. The summed E-state index contributed by atoms with van der Waals surface area (Å²) in [5.41, 5.74) is 8.06. The first-order chi connectivity index (χ1) is 9.90. The third kappa shape index (κ3) is 3.25. The van der Waals surface area contributed by atoms with E-state index in [0.29, 0.717) is 17.0 Å². The van der Waals surface area contributed by atoms with Crippen molar-refractivity contribution in [1.82, 2.24) is 15.5 Å². The van der Waals surface area contributed by atoms with Gasteiger partial charge in [0.25, 0.3) is 5.91 Å². The van der Waals surface area contributed by atoms with Gasteiger partial charge in [-0.05, 0) is 32.9 Å². The van der Waals surface area contributed by atoms with E-state index in [9.17, 15) is 4.79 Å². The fraction of sp³-hybridized carbons (Fsp3) is 0.286. The maximum Gasteiger partial charge on any atom is 0.270 e. The number of nitrogens with two attached hydrogens (primary N) is 1. The molecular formula is C14H16N4O2S. The molecule has 1 amide bonds. The van der Waals surface area contributed by atoms with Gasteiger partial charge >= 0.3 is 0 Å². The molecule has 0 saturated heterocycles. The summed E-state index contributed by atoms with van der Waals surface area (Å²) < 4.78 is 5.10. The van der Waals surface area contributed by atoms with Gasteiger partial charge in [0, 0.05) is 17.3 Å². The van der Waals surface area contributed by atoms with Gasteiger partial charge < -0.3 is 15.6 Å². The van der Waals surface area contributed by atoms with E-state index in [4.69, 9.17) is 22.5 Å². The van der Waals surface area contributed by atoms with Crippen molar-refractivity contribution >= 4 is 23.1 Å². The number of carbonyl (C=O) groups is 1. The maximum absolute atomic E-state index is 12.2. The van der Waals surface area contributed by atoms with Crippen molar-refractivity contribution in [2.75, 3.05) is 0 Å². The summed E-state index contributed by atoms with van der Waals surface area (Å²) in [6, 6.07) is 3.04. The van der Waals surface area contributed by atoms with Crippen LogP contribution in [0.5, 0.6) is 0 Å². The number of amides is 1. The van der Waals surface area contributed by atoms with Gasteiger partial charge in [-0.3, -0.25) is 9.78 Å². The van der Waals surface area contributed by atoms with E-state index in [1.807, 2.05) is 20.8 Å². The van der Waals surface area contributed by atoms with Crippen LogP contribution in [0.1, 0.15) is 46.0 Å². The molecule has 21 heavy (non-hydrogen) atoms. The average Bonchev–Trinajstić information content (AvgIpc) is 2.78. The fourth-order valence-electron chi connectivity index (χ4n) is 2.12. The van der Waals surface area contributed by atoms with Crippen LogP contribution in [0.25, 0.3) is 0 Å². The van der Waals surface area contributed by atoms with Crippen molar-refractivity contribution < 1.29 is 9.32 Å². The number of hydrogen-bond acceptors (Lipinski definition) is 5. The Kier molecular flexibility index (Phi) is 4.32. The summed E-state index contributed by atoms with van der Waals surface area (Å²) in [6.45, 7) is 5.52. The molecular weight excluding hydrogens is 288 g/mol. The molecule has 1 unspecified atom stereocenters. The monoisotopic (exact) mass is 304 g/mol. The zero-order valence-corrected chi connectivity index (χ0v) is 12.8. The predicted molar refractivity (Wildman–Crippen MR) is 82.0 cm³/mol. The molecule has 0 aliphatic heterocycles. The summed E-state index contributed by atoms with van der Waals surface area (Å²) >= 11 is 4.84. The second-order valence-electron chi connectivity index (χ2n) is 4.73. The molecule has 2 aromatic heterocycles. The zero-order valence-electron chi connectivity index (χ0n) is 12.0. The topological polar surface area (TPSA) is 94.0 Å². The average molecular weight is 304 g/mol. The lowest BCUT2D eigenvalue weighted by atomic mass is 10.1. The fourth-order valence-corrected chi connectivity index (χ4v) is 2.25. The molecule has 0 radical (unpaired) electrons. The molecule has 1 atom stereocenters. The Balaban J connectivity index is 2.12. The molecule has 7 heteroatoms. The van der Waals surface area contributed by atoms with Crippen LogP contribution in [-0.2, 0) is 0 Å². The number of aromatic nitrogens is 2. The lowest BCUT2D eigenvalue weighted by molar-refractivity contribution is 0.0934. The molecule has 0 aliphatic rings. The van der Waals surface area contributed by atoms with Gasteiger partial charge in [-0.15, -0.1) is 0 Å². The Bertz CT molecular complexity index is 659. The number of nitrogens with zero attached hydrogens (tertiary/aromatic N) is 2. The van der Waals surface area contributed by atoms with Gasteiger partial charge in [-0.25, -0.2) is 0 Å². The lowest BCUT2D eigenvalue weighted by Gasteiger charge is -2.13. The molecule has 0 saturated carbocycles. The summed E-state index contributed by atoms with van der Waals surface area (Å²) in [5, 5.41) is 6.74. The van der Waals surface area contributed by atoms with Gasteiger partial charge in [0.15, 0.2) is 0 Å². The molecule has 2 heterocycles. The summed E-state index contributed by atoms with van der Waals surface area (Å²) in [7, 11) is 0. The highest BCUT2D eigenvalue weighted by Gasteiger charge is 2.19.